The highest BCUT2D eigenvalue weighted by molar-refractivity contribution is 6.09. The summed E-state index contributed by atoms with van der Waals surface area (Å²) in [4.78, 5) is 31.3. The molecule has 2 atom stereocenters. The van der Waals surface area contributed by atoms with E-state index in [1.54, 1.807) is 0 Å². The Morgan fingerprint density at radius 2 is 1.72 bits per heavy atom. The number of carbonyl (C=O) groups is 2. The summed E-state index contributed by atoms with van der Waals surface area (Å²) in [5, 5.41) is 0. The number of aliphatic imine (C=N–C) groups is 1. The van der Waals surface area contributed by atoms with Gasteiger partial charge in [-0.3, -0.25) is 14.6 Å². The first-order valence-corrected chi connectivity index (χ1v) is 10.8. The van der Waals surface area contributed by atoms with E-state index in [-0.39, 0.29) is 29.2 Å². The zero-order chi connectivity index (χ0) is 20.8. The van der Waals surface area contributed by atoms with Crippen LogP contribution in [0.25, 0.3) is 0 Å². The maximum Gasteiger partial charge on any atom is 0.315 e. The molecule has 0 amide bonds. The Kier molecular flexibility index (Phi) is 5.22. The van der Waals surface area contributed by atoms with Crippen molar-refractivity contribution in [1.29, 1.82) is 0 Å². The minimum atomic E-state index is -0.526. The lowest BCUT2D eigenvalue weighted by atomic mass is 9.67. The van der Waals surface area contributed by atoms with Crippen LogP contribution in [0.5, 0.6) is 0 Å². The van der Waals surface area contributed by atoms with Crippen LogP contribution in [0.15, 0.2) is 40.5 Å². The molecule has 4 rings (SSSR count). The van der Waals surface area contributed by atoms with E-state index in [0.29, 0.717) is 6.42 Å². The number of Topliss-reactive ketones (excluding diaryl/α,β-unsaturated/α-hetero) is 1. The highest BCUT2D eigenvalue weighted by atomic mass is 16.5. The van der Waals surface area contributed by atoms with Gasteiger partial charge in [-0.05, 0) is 56.9 Å². The first-order valence-electron chi connectivity index (χ1n) is 10.8. The van der Waals surface area contributed by atoms with Crippen molar-refractivity contribution in [2.45, 2.75) is 78.2 Å². The lowest BCUT2D eigenvalue weighted by Gasteiger charge is -2.39. The Labute approximate surface area is 173 Å². The first kappa shape index (κ1) is 20.1. The number of hydrogen-bond acceptors (Lipinski definition) is 4. The third-order valence-corrected chi connectivity index (χ3v) is 6.58. The van der Waals surface area contributed by atoms with Crippen LogP contribution < -0.4 is 0 Å². The molecule has 1 fully saturated rings. The van der Waals surface area contributed by atoms with Crippen LogP contribution in [0.3, 0.4) is 0 Å². The van der Waals surface area contributed by atoms with Gasteiger partial charge in [0.05, 0.1) is 0 Å². The summed E-state index contributed by atoms with van der Waals surface area (Å²) in [6.07, 6.45) is 5.35. The molecule has 3 aliphatic rings. The molecule has 29 heavy (non-hydrogen) atoms. The molecule has 1 aromatic carbocycles. The van der Waals surface area contributed by atoms with E-state index in [1.807, 2.05) is 38.1 Å². The van der Waals surface area contributed by atoms with Gasteiger partial charge in [-0.15, -0.1) is 0 Å². The number of nitrogens with zero attached hydrogens (tertiary/aromatic N) is 1. The second-order valence-electron chi connectivity index (χ2n) is 9.76. The van der Waals surface area contributed by atoms with Crippen LogP contribution in [-0.2, 0) is 14.3 Å². The summed E-state index contributed by atoms with van der Waals surface area (Å²) < 4.78 is 5.90. The van der Waals surface area contributed by atoms with E-state index >= 15 is 0 Å². The van der Waals surface area contributed by atoms with E-state index in [1.165, 1.54) is 0 Å². The Morgan fingerprint density at radius 1 is 1.07 bits per heavy atom. The quantitative estimate of drug-likeness (QED) is 0.655. The van der Waals surface area contributed by atoms with Gasteiger partial charge in [0, 0.05) is 29.3 Å². The molecular weight excluding hydrogens is 362 g/mol. The molecule has 0 saturated heterocycles. The Balaban J connectivity index is 1.77. The highest BCUT2D eigenvalue weighted by Gasteiger charge is 2.46. The zero-order valence-corrected chi connectivity index (χ0v) is 18.0. The topological polar surface area (TPSA) is 55.7 Å². The van der Waals surface area contributed by atoms with Crippen LogP contribution >= 0.6 is 0 Å². The van der Waals surface area contributed by atoms with E-state index in [2.05, 4.69) is 13.8 Å². The minimum absolute atomic E-state index is 0.00494. The van der Waals surface area contributed by atoms with Crippen molar-refractivity contribution in [1.82, 2.24) is 0 Å². The normalized spacial score (nSPS) is 26.9. The monoisotopic (exact) mass is 393 g/mol. The van der Waals surface area contributed by atoms with Crippen molar-refractivity contribution >= 4 is 17.5 Å². The Morgan fingerprint density at radius 3 is 2.38 bits per heavy atom. The molecule has 154 valence electrons. The van der Waals surface area contributed by atoms with Gasteiger partial charge in [0.1, 0.15) is 12.0 Å². The van der Waals surface area contributed by atoms with E-state index in [0.717, 1.165) is 60.2 Å². The number of esters is 1. The van der Waals surface area contributed by atoms with Crippen molar-refractivity contribution in [3.8, 4) is 0 Å². The van der Waals surface area contributed by atoms with Gasteiger partial charge in [-0.25, -0.2) is 0 Å². The van der Waals surface area contributed by atoms with Gasteiger partial charge in [0.15, 0.2) is 5.78 Å². The number of allylic oxidation sites excluding steroid dienone is 2. The fraction of sp³-hybridized carbons (Fsp3) is 0.560. The second kappa shape index (κ2) is 7.55. The average Bonchev–Trinajstić information content (AvgIpc) is 3.13. The van der Waals surface area contributed by atoms with Crippen LogP contribution in [0.2, 0.25) is 0 Å². The van der Waals surface area contributed by atoms with Gasteiger partial charge >= 0.3 is 5.97 Å². The summed E-state index contributed by atoms with van der Waals surface area (Å²) in [6.45, 7) is 8.18. The van der Waals surface area contributed by atoms with E-state index in [9.17, 15) is 9.59 Å². The molecule has 1 unspecified atom stereocenters. The minimum Gasteiger partial charge on any atom is -0.462 e. The lowest BCUT2D eigenvalue weighted by molar-refractivity contribution is -0.151. The molecule has 0 bridgehead atoms. The molecule has 0 N–H and O–H groups in total. The number of ether oxygens (including phenoxy) is 1. The molecule has 1 saturated carbocycles. The summed E-state index contributed by atoms with van der Waals surface area (Å²) in [6, 6.07) is 8.19. The van der Waals surface area contributed by atoms with Crippen molar-refractivity contribution < 1.29 is 14.3 Å². The first-order chi connectivity index (χ1) is 13.7. The number of rotatable bonds is 3. The third-order valence-electron chi connectivity index (χ3n) is 6.58. The van der Waals surface area contributed by atoms with Crippen LogP contribution in [0.4, 0.5) is 0 Å². The van der Waals surface area contributed by atoms with Gasteiger partial charge in [0.2, 0.25) is 0 Å². The smallest absolute Gasteiger partial charge is 0.315 e. The molecular formula is C25H31NO3. The molecule has 4 heteroatoms. The van der Waals surface area contributed by atoms with Crippen molar-refractivity contribution in [3.05, 3.63) is 46.7 Å². The van der Waals surface area contributed by atoms with Gasteiger partial charge < -0.3 is 4.74 Å². The van der Waals surface area contributed by atoms with Crippen LogP contribution in [-0.4, -0.2) is 23.6 Å². The number of benzene rings is 1. The number of carbonyl (C=O) groups excluding carboxylic acids is 2. The van der Waals surface area contributed by atoms with Gasteiger partial charge in [-0.2, -0.15) is 0 Å². The molecule has 1 aromatic rings. The summed E-state index contributed by atoms with van der Waals surface area (Å²) in [5.74, 6) is -0.938. The molecule has 2 aliphatic carbocycles. The van der Waals surface area contributed by atoms with Gasteiger partial charge in [0.25, 0.3) is 0 Å². The number of hydrogen-bond donors (Lipinski definition) is 0. The van der Waals surface area contributed by atoms with Crippen molar-refractivity contribution in [3.63, 3.8) is 0 Å². The lowest BCUT2D eigenvalue weighted by Crippen LogP contribution is -2.40. The number of ketones is 1. The maximum absolute atomic E-state index is 13.3. The Hall–Kier alpha value is -2.23. The van der Waals surface area contributed by atoms with Gasteiger partial charge in [-0.1, -0.05) is 43.7 Å². The SMILES string of the molecule is CC1=NC2=C(C(=O)CC(C)(C)C2)[C@@H](c2ccc(C)cc2)C1C(=O)OC1CCCC1. The van der Waals surface area contributed by atoms with E-state index in [4.69, 9.17) is 9.73 Å². The third kappa shape index (κ3) is 3.94. The summed E-state index contributed by atoms with van der Waals surface area (Å²) in [5.41, 5.74) is 4.41. The molecule has 4 nitrogen and oxygen atoms in total. The molecule has 0 aromatic heterocycles. The molecule has 0 spiro atoms. The Bertz CT molecular complexity index is 885. The van der Waals surface area contributed by atoms with E-state index < -0.39 is 5.92 Å². The summed E-state index contributed by atoms with van der Waals surface area (Å²) >= 11 is 0. The molecule has 1 aliphatic heterocycles. The summed E-state index contributed by atoms with van der Waals surface area (Å²) in [7, 11) is 0. The van der Waals surface area contributed by atoms with Crippen LogP contribution in [0, 0.1) is 18.3 Å². The average molecular weight is 394 g/mol. The fourth-order valence-electron chi connectivity index (χ4n) is 5.13. The molecule has 0 radical (unpaired) electrons. The fourth-order valence-corrected chi connectivity index (χ4v) is 5.13. The standard InChI is InChI=1S/C25H31NO3/c1-15-9-11-17(12-10-15)22-21(24(28)29-18-7-5-6-8-18)16(2)26-19-13-25(3,4)14-20(27)23(19)22/h9-12,18,21-22H,5-8,13-14H2,1-4H3/t21?,22-/m0/s1. The second-order valence-corrected chi connectivity index (χ2v) is 9.76. The highest BCUT2D eigenvalue weighted by Crippen LogP contribution is 2.48. The number of aryl methyl sites for hydroxylation is 1. The maximum atomic E-state index is 13.3. The van der Waals surface area contributed by atoms with Crippen molar-refractivity contribution in [2.75, 3.05) is 0 Å². The zero-order valence-electron chi connectivity index (χ0n) is 18.0. The van der Waals surface area contributed by atoms with Crippen LogP contribution in [0.1, 0.15) is 76.3 Å². The predicted octanol–water partition coefficient (Wildman–Crippen LogP) is 5.30. The largest absolute Gasteiger partial charge is 0.462 e. The van der Waals surface area contributed by atoms with Crippen molar-refractivity contribution in [2.24, 2.45) is 16.3 Å². The molecule has 1 heterocycles. The predicted molar refractivity (Wildman–Crippen MR) is 114 cm³/mol.